The van der Waals surface area contributed by atoms with Crippen molar-refractivity contribution in [1.82, 2.24) is 30.0 Å². The van der Waals surface area contributed by atoms with Crippen LogP contribution in [0.1, 0.15) is 58.1 Å². The molecule has 0 radical (unpaired) electrons. The fourth-order valence-corrected chi connectivity index (χ4v) is 5.93. The third-order valence-electron chi connectivity index (χ3n) is 8.26. The molecular formula is C30H27N7O4. The van der Waals surface area contributed by atoms with Crippen molar-refractivity contribution < 1.29 is 19.2 Å². The highest BCUT2D eigenvalue weighted by Gasteiger charge is 2.44. The molecule has 1 aliphatic carbocycles. The molecule has 2 aromatic carbocycles. The maximum atomic E-state index is 13.1. The number of aryl methyl sites for hydroxylation is 1. The number of anilines is 1. The summed E-state index contributed by atoms with van der Waals surface area (Å²) in [6.45, 7) is 2.71. The lowest BCUT2D eigenvalue weighted by atomic mass is 9.80. The number of nitrogens with one attached hydrogen (secondary N) is 2. The average Bonchev–Trinajstić information content (AvgIpc) is 3.44. The highest BCUT2D eigenvalue weighted by molar-refractivity contribution is 6.23. The van der Waals surface area contributed by atoms with Crippen LogP contribution in [0.15, 0.2) is 54.9 Å². The third-order valence-corrected chi connectivity index (χ3v) is 8.26. The molecule has 1 saturated heterocycles. The standard InChI is InChI=1S/C30H27N7O4/c1-16-22(25-14-32-23-4-2-3-5-24(23)33-25)15-36(35-16)19-10-17(11-19)13-31-18-6-7-20-21(12-18)30(41)37(29(20)40)26-8-9-27(38)34-28(26)39/h2-7,12,14-15,17,19,26,31H,8-11,13H2,1H3,(H,34,38,39). The van der Waals surface area contributed by atoms with Crippen LogP contribution in [0.2, 0.25) is 0 Å². The summed E-state index contributed by atoms with van der Waals surface area (Å²) in [6.07, 6.45) is 6.00. The Morgan fingerprint density at radius 1 is 0.976 bits per heavy atom. The summed E-state index contributed by atoms with van der Waals surface area (Å²) < 4.78 is 2.03. The maximum Gasteiger partial charge on any atom is 0.262 e. The predicted octanol–water partition coefficient (Wildman–Crippen LogP) is 3.27. The molecule has 4 heterocycles. The highest BCUT2D eigenvalue weighted by atomic mass is 16.2. The molecule has 1 atom stereocenters. The van der Waals surface area contributed by atoms with Gasteiger partial charge in [0.2, 0.25) is 11.8 Å². The summed E-state index contributed by atoms with van der Waals surface area (Å²) in [5.74, 6) is -1.59. The Morgan fingerprint density at radius 3 is 2.56 bits per heavy atom. The summed E-state index contributed by atoms with van der Waals surface area (Å²) in [5, 5.41) is 10.4. The molecule has 2 fully saturated rings. The Labute approximate surface area is 235 Å². The van der Waals surface area contributed by atoms with Gasteiger partial charge in [-0.3, -0.25) is 39.1 Å². The van der Waals surface area contributed by atoms with Gasteiger partial charge in [-0.2, -0.15) is 5.10 Å². The van der Waals surface area contributed by atoms with Gasteiger partial charge in [0.15, 0.2) is 0 Å². The van der Waals surface area contributed by atoms with Gasteiger partial charge in [0, 0.05) is 30.4 Å². The Balaban J connectivity index is 0.978. The first-order chi connectivity index (χ1) is 19.9. The quantitative estimate of drug-likeness (QED) is 0.350. The molecule has 41 heavy (non-hydrogen) atoms. The van der Waals surface area contributed by atoms with Crippen LogP contribution in [0.5, 0.6) is 0 Å². The van der Waals surface area contributed by atoms with Gasteiger partial charge < -0.3 is 5.32 Å². The normalized spacial score (nSPS) is 22.1. The number of hydrogen-bond acceptors (Lipinski definition) is 8. The minimum atomic E-state index is -0.969. The summed E-state index contributed by atoms with van der Waals surface area (Å²) in [5.41, 5.74) is 5.71. The zero-order valence-electron chi connectivity index (χ0n) is 22.3. The number of para-hydroxylation sites is 2. The lowest BCUT2D eigenvalue weighted by molar-refractivity contribution is -0.136. The SMILES string of the molecule is Cc1nn(C2CC(CNc3ccc4c(c3)C(=O)N(C3CCC(=O)NC3=O)C4=O)C2)cc1-c1cnc2ccccc2n1. The molecule has 7 rings (SSSR count). The van der Waals surface area contributed by atoms with E-state index in [-0.39, 0.29) is 24.0 Å². The van der Waals surface area contributed by atoms with Gasteiger partial charge in [-0.15, -0.1) is 0 Å². The number of amides is 4. The number of nitrogens with zero attached hydrogens (tertiary/aromatic N) is 5. The van der Waals surface area contributed by atoms with E-state index >= 15 is 0 Å². The van der Waals surface area contributed by atoms with Crippen LogP contribution in [0.25, 0.3) is 22.3 Å². The van der Waals surface area contributed by atoms with Gasteiger partial charge >= 0.3 is 0 Å². The fourth-order valence-electron chi connectivity index (χ4n) is 5.93. The molecule has 0 bridgehead atoms. The van der Waals surface area contributed by atoms with Crippen LogP contribution in [-0.2, 0) is 9.59 Å². The van der Waals surface area contributed by atoms with Gasteiger partial charge in [0.25, 0.3) is 11.8 Å². The van der Waals surface area contributed by atoms with Crippen molar-refractivity contribution in [2.75, 3.05) is 11.9 Å². The molecule has 2 N–H and O–H groups in total. The van der Waals surface area contributed by atoms with Crippen LogP contribution in [-0.4, -0.2) is 60.9 Å². The van der Waals surface area contributed by atoms with E-state index in [1.807, 2.05) is 35.9 Å². The third kappa shape index (κ3) is 4.33. The number of aromatic nitrogens is 4. The molecule has 4 amide bonds. The molecular weight excluding hydrogens is 522 g/mol. The minimum Gasteiger partial charge on any atom is -0.385 e. The molecule has 206 valence electrons. The maximum absolute atomic E-state index is 13.1. The van der Waals surface area contributed by atoms with Crippen molar-refractivity contribution in [2.24, 2.45) is 5.92 Å². The fraction of sp³-hybridized carbons (Fsp3) is 0.300. The van der Waals surface area contributed by atoms with Gasteiger partial charge in [-0.25, -0.2) is 4.98 Å². The van der Waals surface area contributed by atoms with Crippen molar-refractivity contribution in [3.63, 3.8) is 0 Å². The van der Waals surface area contributed by atoms with E-state index in [9.17, 15) is 19.2 Å². The molecule has 1 unspecified atom stereocenters. The summed E-state index contributed by atoms with van der Waals surface area (Å²) in [7, 11) is 0. The molecule has 2 aliphatic heterocycles. The Bertz CT molecular complexity index is 1760. The Kier molecular flexibility index (Phi) is 5.88. The molecule has 11 heteroatoms. The number of carbonyl (C=O) groups is 4. The van der Waals surface area contributed by atoms with Gasteiger partial charge in [0.05, 0.1) is 45.8 Å². The lowest BCUT2D eigenvalue weighted by Gasteiger charge is -2.35. The Morgan fingerprint density at radius 2 is 1.76 bits per heavy atom. The molecule has 2 aromatic heterocycles. The second kappa shape index (κ2) is 9.61. The van der Waals surface area contributed by atoms with E-state index in [4.69, 9.17) is 10.1 Å². The van der Waals surface area contributed by atoms with E-state index in [2.05, 4.69) is 21.8 Å². The smallest absolute Gasteiger partial charge is 0.262 e. The number of hydrogen-bond donors (Lipinski definition) is 2. The van der Waals surface area contributed by atoms with Crippen molar-refractivity contribution in [1.29, 1.82) is 0 Å². The second-order valence-electron chi connectivity index (χ2n) is 10.9. The average molecular weight is 550 g/mol. The molecule has 1 saturated carbocycles. The van der Waals surface area contributed by atoms with E-state index < -0.39 is 29.7 Å². The lowest BCUT2D eigenvalue weighted by Crippen LogP contribution is -2.54. The zero-order valence-corrected chi connectivity index (χ0v) is 22.3. The summed E-state index contributed by atoms with van der Waals surface area (Å²) >= 11 is 0. The van der Waals surface area contributed by atoms with Crippen LogP contribution in [0.3, 0.4) is 0 Å². The first kappa shape index (κ1) is 25.1. The van der Waals surface area contributed by atoms with E-state index in [1.54, 1.807) is 24.4 Å². The second-order valence-corrected chi connectivity index (χ2v) is 10.9. The van der Waals surface area contributed by atoms with Crippen molar-refractivity contribution >= 4 is 40.3 Å². The first-order valence-electron chi connectivity index (χ1n) is 13.7. The number of fused-ring (bicyclic) bond motifs is 2. The van der Waals surface area contributed by atoms with Gasteiger partial charge in [-0.1, -0.05) is 12.1 Å². The van der Waals surface area contributed by atoms with Crippen molar-refractivity contribution in [3.8, 4) is 11.3 Å². The van der Waals surface area contributed by atoms with Gasteiger partial charge in [0.1, 0.15) is 6.04 Å². The van der Waals surface area contributed by atoms with E-state index in [0.29, 0.717) is 12.0 Å². The van der Waals surface area contributed by atoms with Gasteiger partial charge in [-0.05, 0) is 62.4 Å². The summed E-state index contributed by atoms with van der Waals surface area (Å²) in [4.78, 5) is 60.1. The zero-order chi connectivity index (χ0) is 28.2. The Hall–Kier alpha value is -4.93. The number of imide groups is 2. The van der Waals surface area contributed by atoms with Crippen LogP contribution in [0.4, 0.5) is 5.69 Å². The molecule has 0 spiro atoms. The van der Waals surface area contributed by atoms with E-state index in [0.717, 1.165) is 58.0 Å². The topological polar surface area (TPSA) is 139 Å². The van der Waals surface area contributed by atoms with Crippen LogP contribution < -0.4 is 10.6 Å². The van der Waals surface area contributed by atoms with Crippen LogP contribution in [0, 0.1) is 12.8 Å². The number of rotatable bonds is 6. The van der Waals surface area contributed by atoms with E-state index in [1.165, 1.54) is 0 Å². The minimum absolute atomic E-state index is 0.0932. The predicted molar refractivity (Wildman–Crippen MR) is 149 cm³/mol. The van der Waals surface area contributed by atoms with Crippen LogP contribution >= 0.6 is 0 Å². The number of benzene rings is 2. The molecule has 3 aliphatic rings. The number of piperidine rings is 1. The van der Waals surface area contributed by atoms with Crippen molar-refractivity contribution in [3.05, 3.63) is 71.7 Å². The number of carbonyl (C=O) groups excluding carboxylic acids is 4. The highest BCUT2D eigenvalue weighted by Crippen LogP contribution is 2.39. The molecule has 11 nitrogen and oxygen atoms in total. The monoisotopic (exact) mass is 549 g/mol. The first-order valence-corrected chi connectivity index (χ1v) is 13.7. The molecule has 4 aromatic rings. The largest absolute Gasteiger partial charge is 0.385 e. The summed E-state index contributed by atoms with van der Waals surface area (Å²) in [6, 6.07) is 12.2. The van der Waals surface area contributed by atoms with Crippen molar-refractivity contribution in [2.45, 2.75) is 44.7 Å².